The van der Waals surface area contributed by atoms with Gasteiger partial charge in [0.05, 0.1) is 0 Å². The average molecular weight is 281 g/mol. The van der Waals surface area contributed by atoms with Crippen molar-refractivity contribution in [2.24, 2.45) is 0 Å². The zero-order valence-electron chi connectivity index (χ0n) is 9.40. The third kappa shape index (κ3) is 2.40. The second kappa shape index (κ2) is 5.12. The van der Waals surface area contributed by atoms with Gasteiger partial charge in [-0.15, -0.1) is 0 Å². The van der Waals surface area contributed by atoms with E-state index in [0.717, 1.165) is 0 Å². The quantitative estimate of drug-likeness (QED) is 0.514. The van der Waals surface area contributed by atoms with E-state index in [1.54, 1.807) is 5.32 Å². The summed E-state index contributed by atoms with van der Waals surface area (Å²) in [7, 11) is 0. The number of rotatable bonds is 2. The van der Waals surface area contributed by atoms with Crippen LogP contribution in [0, 0.1) is 29.1 Å². The van der Waals surface area contributed by atoms with Crippen molar-refractivity contribution in [1.82, 2.24) is 0 Å². The van der Waals surface area contributed by atoms with Crippen LogP contribution < -0.4 is 5.32 Å². The second-order valence-corrected chi connectivity index (χ2v) is 3.94. The van der Waals surface area contributed by atoms with Crippen LogP contribution in [0.15, 0.2) is 0 Å². The summed E-state index contributed by atoms with van der Waals surface area (Å²) in [4.78, 5) is 11.5. The van der Waals surface area contributed by atoms with Gasteiger partial charge >= 0.3 is 0 Å². The lowest BCUT2D eigenvalue weighted by atomic mass is 10.2. The molecule has 0 radical (unpaired) electrons. The number of nitrogens with one attached hydrogen (secondary N) is 1. The Bertz CT molecular complexity index is 499. The molecule has 1 aliphatic heterocycles. The van der Waals surface area contributed by atoms with Gasteiger partial charge in [-0.25, -0.2) is 22.0 Å². The minimum atomic E-state index is -2.27. The Balaban J connectivity index is 2.32. The summed E-state index contributed by atoms with van der Waals surface area (Å²) in [5.41, 5.74) is -1.36. The van der Waals surface area contributed by atoms with E-state index in [-0.39, 0.29) is 0 Å². The maximum Gasteiger partial charge on any atom is 0.253 e. The SMILES string of the molecule is O=C(Nc1c(F)c(F)c(F)c(F)c1F)C1CCCO1. The molecule has 1 aliphatic rings. The number of carbonyl (C=O) groups excluding carboxylic acids is 1. The monoisotopic (exact) mass is 281 g/mol. The number of benzene rings is 1. The first-order valence-electron chi connectivity index (χ1n) is 5.37. The van der Waals surface area contributed by atoms with Gasteiger partial charge in [0.1, 0.15) is 11.8 Å². The molecule has 1 aromatic rings. The van der Waals surface area contributed by atoms with Crippen LogP contribution in [0.3, 0.4) is 0 Å². The van der Waals surface area contributed by atoms with Gasteiger partial charge in [0.15, 0.2) is 23.3 Å². The van der Waals surface area contributed by atoms with Crippen molar-refractivity contribution in [1.29, 1.82) is 0 Å². The molecular formula is C11H8F5NO2. The van der Waals surface area contributed by atoms with Crippen molar-refractivity contribution in [3.8, 4) is 0 Å². The molecule has 1 N–H and O–H groups in total. The smallest absolute Gasteiger partial charge is 0.253 e. The number of halogens is 5. The number of amides is 1. The van der Waals surface area contributed by atoms with Crippen LogP contribution >= 0.6 is 0 Å². The number of hydrogen-bond acceptors (Lipinski definition) is 2. The van der Waals surface area contributed by atoms with Crippen molar-refractivity contribution in [2.45, 2.75) is 18.9 Å². The van der Waals surface area contributed by atoms with Crippen molar-refractivity contribution in [3.05, 3.63) is 29.1 Å². The Hall–Kier alpha value is -1.70. The molecule has 1 amide bonds. The largest absolute Gasteiger partial charge is 0.368 e. The van der Waals surface area contributed by atoms with E-state index in [1.807, 2.05) is 0 Å². The molecule has 8 heteroatoms. The molecule has 1 fully saturated rings. The van der Waals surface area contributed by atoms with Crippen LogP contribution in [0.5, 0.6) is 0 Å². The topological polar surface area (TPSA) is 38.3 Å². The molecule has 1 atom stereocenters. The fraction of sp³-hybridized carbons (Fsp3) is 0.364. The number of carbonyl (C=O) groups is 1. The summed E-state index contributed by atoms with van der Waals surface area (Å²) in [5.74, 6) is -11.6. The molecule has 1 aromatic carbocycles. The second-order valence-electron chi connectivity index (χ2n) is 3.94. The van der Waals surface area contributed by atoms with Gasteiger partial charge in [-0.2, -0.15) is 0 Å². The van der Waals surface area contributed by atoms with Gasteiger partial charge in [-0.05, 0) is 12.8 Å². The molecule has 104 valence electrons. The predicted octanol–water partition coefficient (Wildman–Crippen LogP) is 2.50. The number of ether oxygens (including phenoxy) is 1. The maximum atomic E-state index is 13.3. The predicted molar refractivity (Wildman–Crippen MR) is 53.8 cm³/mol. The molecule has 0 spiro atoms. The van der Waals surface area contributed by atoms with Crippen molar-refractivity contribution in [2.75, 3.05) is 11.9 Å². The van der Waals surface area contributed by atoms with Crippen molar-refractivity contribution in [3.63, 3.8) is 0 Å². The highest BCUT2D eigenvalue weighted by Gasteiger charge is 2.30. The Morgan fingerprint density at radius 1 is 1.00 bits per heavy atom. The molecule has 1 saturated heterocycles. The third-order valence-corrected chi connectivity index (χ3v) is 2.68. The van der Waals surface area contributed by atoms with E-state index >= 15 is 0 Å². The highest BCUT2D eigenvalue weighted by atomic mass is 19.2. The number of hydrogen-bond donors (Lipinski definition) is 1. The molecule has 0 aromatic heterocycles. The summed E-state index contributed by atoms with van der Waals surface area (Å²) >= 11 is 0. The first-order chi connectivity index (χ1) is 8.93. The van der Waals surface area contributed by atoms with E-state index in [2.05, 4.69) is 0 Å². The molecule has 1 heterocycles. The summed E-state index contributed by atoms with van der Waals surface area (Å²) in [5, 5.41) is 1.67. The average Bonchev–Trinajstić information content (AvgIpc) is 2.93. The van der Waals surface area contributed by atoms with E-state index in [1.165, 1.54) is 0 Å². The summed E-state index contributed by atoms with van der Waals surface area (Å²) in [6.45, 7) is 0.301. The summed E-state index contributed by atoms with van der Waals surface area (Å²) in [6, 6.07) is 0. The molecular weight excluding hydrogens is 273 g/mol. The molecule has 19 heavy (non-hydrogen) atoms. The zero-order chi connectivity index (χ0) is 14.2. The van der Waals surface area contributed by atoms with E-state index in [9.17, 15) is 26.7 Å². The van der Waals surface area contributed by atoms with Crippen LogP contribution in [0.1, 0.15) is 12.8 Å². The summed E-state index contributed by atoms with van der Waals surface area (Å²) < 4.78 is 70.0. The molecule has 0 bridgehead atoms. The van der Waals surface area contributed by atoms with Gasteiger partial charge in [0, 0.05) is 6.61 Å². The fourth-order valence-corrected chi connectivity index (χ4v) is 1.70. The minimum absolute atomic E-state index is 0.301. The standard InChI is InChI=1S/C11H8F5NO2/c12-5-6(13)8(15)10(9(16)7(5)14)17-11(18)4-2-1-3-19-4/h4H,1-3H2,(H,17,18). The molecule has 3 nitrogen and oxygen atoms in total. The highest BCUT2D eigenvalue weighted by Crippen LogP contribution is 2.27. The Kier molecular flexibility index (Phi) is 3.70. The lowest BCUT2D eigenvalue weighted by Crippen LogP contribution is -2.28. The molecule has 0 aliphatic carbocycles. The van der Waals surface area contributed by atoms with E-state index in [4.69, 9.17) is 4.74 Å². The normalized spacial score (nSPS) is 18.7. The highest BCUT2D eigenvalue weighted by molar-refractivity contribution is 5.94. The third-order valence-electron chi connectivity index (χ3n) is 2.68. The first kappa shape index (κ1) is 13.7. The van der Waals surface area contributed by atoms with Gasteiger partial charge < -0.3 is 10.1 Å². The van der Waals surface area contributed by atoms with Gasteiger partial charge in [0.2, 0.25) is 5.82 Å². The number of anilines is 1. The van der Waals surface area contributed by atoms with Gasteiger partial charge in [0.25, 0.3) is 5.91 Å². The van der Waals surface area contributed by atoms with Crippen LogP contribution in [-0.2, 0) is 9.53 Å². The molecule has 0 saturated carbocycles. The van der Waals surface area contributed by atoms with Gasteiger partial charge in [-0.1, -0.05) is 0 Å². The first-order valence-corrected chi connectivity index (χ1v) is 5.37. The van der Waals surface area contributed by atoms with Crippen molar-refractivity contribution < 1.29 is 31.5 Å². The zero-order valence-corrected chi connectivity index (χ0v) is 9.40. The maximum absolute atomic E-state index is 13.3. The fourth-order valence-electron chi connectivity index (χ4n) is 1.70. The van der Waals surface area contributed by atoms with Crippen molar-refractivity contribution >= 4 is 11.6 Å². The lowest BCUT2D eigenvalue weighted by molar-refractivity contribution is -0.124. The summed E-state index contributed by atoms with van der Waals surface area (Å²) in [6.07, 6.45) is -0.0499. The van der Waals surface area contributed by atoms with Crippen LogP contribution in [0.2, 0.25) is 0 Å². The Morgan fingerprint density at radius 2 is 1.53 bits per heavy atom. The van der Waals surface area contributed by atoms with E-state index in [0.29, 0.717) is 19.4 Å². The lowest BCUT2D eigenvalue weighted by Gasteiger charge is -2.12. The van der Waals surface area contributed by atoms with Crippen LogP contribution in [0.25, 0.3) is 0 Å². The Morgan fingerprint density at radius 3 is 2.00 bits per heavy atom. The van der Waals surface area contributed by atoms with E-state index < -0.39 is 46.8 Å². The molecule has 1 unspecified atom stereocenters. The Labute approximate surface area is 104 Å². The minimum Gasteiger partial charge on any atom is -0.368 e. The van der Waals surface area contributed by atoms with Crippen LogP contribution in [0.4, 0.5) is 27.6 Å². The van der Waals surface area contributed by atoms with Crippen LogP contribution in [-0.4, -0.2) is 18.6 Å². The molecule has 2 rings (SSSR count). The van der Waals surface area contributed by atoms with Gasteiger partial charge in [-0.3, -0.25) is 4.79 Å².